The molecule has 12 heteroatoms. The Hall–Kier alpha value is -2.38. The van der Waals surface area contributed by atoms with Crippen LogP contribution in [0.2, 0.25) is 0 Å². The molecule has 1 rings (SSSR count). The zero-order valence-electron chi connectivity index (χ0n) is 27.0. The quantitative estimate of drug-likeness (QED) is 0.0473. The van der Waals surface area contributed by atoms with E-state index in [0.29, 0.717) is 66.0 Å². The van der Waals surface area contributed by atoms with E-state index in [-0.39, 0.29) is 17.1 Å². The summed E-state index contributed by atoms with van der Waals surface area (Å²) in [6, 6.07) is 3.47. The fourth-order valence-electron chi connectivity index (χ4n) is 4.57. The Labute approximate surface area is 263 Å². The van der Waals surface area contributed by atoms with Gasteiger partial charge in [-0.25, -0.2) is 0 Å². The minimum Gasteiger partial charge on any atom is -0.379 e. The molecule has 1 aromatic rings. The summed E-state index contributed by atoms with van der Waals surface area (Å²) in [6.07, 6.45) is 19.0. The maximum absolute atomic E-state index is 11.1. The van der Waals surface area contributed by atoms with Crippen LogP contribution in [0.3, 0.4) is 0 Å². The van der Waals surface area contributed by atoms with E-state index in [2.05, 4.69) is 12.2 Å². The zero-order valence-corrected chi connectivity index (χ0v) is 27.0. The number of non-ortho nitro benzene ring substituents is 1. The molecule has 0 aliphatic rings. The Bertz CT molecular complexity index is 845. The van der Waals surface area contributed by atoms with Crippen LogP contribution in [-0.2, 0) is 23.7 Å². The Balaban J connectivity index is 1.76. The van der Waals surface area contributed by atoms with Gasteiger partial charge in [0.15, 0.2) is 0 Å². The van der Waals surface area contributed by atoms with Crippen LogP contribution in [-0.4, -0.2) is 82.5 Å². The smallest absolute Gasteiger partial charge is 0.299 e. The summed E-state index contributed by atoms with van der Waals surface area (Å²) >= 11 is 0. The van der Waals surface area contributed by atoms with Gasteiger partial charge in [0, 0.05) is 19.2 Å². The van der Waals surface area contributed by atoms with Gasteiger partial charge in [-0.2, -0.15) is 0 Å². The number of hydrogen-bond acceptors (Lipinski definition) is 10. The lowest BCUT2D eigenvalue weighted by Gasteiger charge is -2.09. The average Bonchev–Trinajstić information content (AvgIpc) is 3.01. The normalized spacial score (nSPS) is 11.2. The Morgan fingerprint density at radius 1 is 0.545 bits per heavy atom. The molecule has 0 radical (unpaired) electrons. The van der Waals surface area contributed by atoms with Crippen molar-refractivity contribution < 1.29 is 33.5 Å². The zero-order chi connectivity index (χ0) is 31.9. The van der Waals surface area contributed by atoms with Gasteiger partial charge in [-0.15, -0.1) is 0 Å². The van der Waals surface area contributed by atoms with E-state index in [9.17, 15) is 20.2 Å². The highest BCUT2D eigenvalue weighted by molar-refractivity contribution is 5.65. The molecule has 44 heavy (non-hydrogen) atoms. The molecule has 0 atom stereocenters. The number of anilines is 1. The number of nitrogens with one attached hydrogen (secondary N) is 1. The Morgan fingerprint density at radius 3 is 1.39 bits per heavy atom. The lowest BCUT2D eigenvalue weighted by Crippen LogP contribution is -2.15. The second kappa shape index (κ2) is 29.3. The van der Waals surface area contributed by atoms with Crippen LogP contribution in [0.15, 0.2) is 18.2 Å². The van der Waals surface area contributed by atoms with Crippen LogP contribution in [0.5, 0.6) is 0 Å². The molecule has 0 heterocycles. The highest BCUT2D eigenvalue weighted by Crippen LogP contribution is 2.28. The molecule has 0 aliphatic carbocycles. The third-order valence-electron chi connectivity index (χ3n) is 7.08. The summed E-state index contributed by atoms with van der Waals surface area (Å²) in [5.74, 6) is 0. The van der Waals surface area contributed by atoms with Crippen molar-refractivity contribution in [2.75, 3.05) is 77.9 Å². The van der Waals surface area contributed by atoms with Gasteiger partial charge in [-0.1, -0.05) is 90.4 Å². The standard InChI is InChI=1S/C32H57N3O9/c1-2-3-4-5-6-7-8-9-10-11-12-13-14-15-19-40-21-23-42-25-27-44-28-26-43-24-22-41-20-18-33-31-17-16-30(34(36)37)29-32(31)35(38)39/h16-17,29,33H,2-15,18-28H2,1H3. The first-order chi connectivity index (χ1) is 21.6. The van der Waals surface area contributed by atoms with Crippen LogP contribution in [0.25, 0.3) is 0 Å². The summed E-state index contributed by atoms with van der Waals surface area (Å²) in [6.45, 7) is 7.56. The van der Waals surface area contributed by atoms with Gasteiger partial charge in [0.25, 0.3) is 11.4 Å². The molecule has 0 aliphatic heterocycles. The predicted molar refractivity (Wildman–Crippen MR) is 173 cm³/mol. The number of hydrogen-bond donors (Lipinski definition) is 1. The number of rotatable bonds is 33. The van der Waals surface area contributed by atoms with Gasteiger partial charge in [-0.3, -0.25) is 20.2 Å². The van der Waals surface area contributed by atoms with Crippen molar-refractivity contribution >= 4 is 17.1 Å². The first kappa shape index (κ1) is 39.6. The lowest BCUT2D eigenvalue weighted by molar-refractivity contribution is -0.393. The fraction of sp³-hybridized carbons (Fsp3) is 0.812. The number of ether oxygens (including phenoxy) is 5. The molecule has 12 nitrogen and oxygen atoms in total. The minimum absolute atomic E-state index is 0.203. The monoisotopic (exact) mass is 627 g/mol. The topological polar surface area (TPSA) is 144 Å². The molecule has 0 saturated heterocycles. The lowest BCUT2D eigenvalue weighted by atomic mass is 10.0. The second-order valence-corrected chi connectivity index (χ2v) is 10.8. The molecule has 254 valence electrons. The van der Waals surface area contributed by atoms with E-state index < -0.39 is 9.85 Å². The van der Waals surface area contributed by atoms with Gasteiger partial charge in [0.2, 0.25) is 0 Å². The average molecular weight is 628 g/mol. The van der Waals surface area contributed by atoms with Crippen molar-refractivity contribution in [3.63, 3.8) is 0 Å². The van der Waals surface area contributed by atoms with E-state index in [1.165, 1.54) is 95.6 Å². The fourth-order valence-corrected chi connectivity index (χ4v) is 4.57. The summed E-state index contributed by atoms with van der Waals surface area (Å²) in [4.78, 5) is 20.6. The van der Waals surface area contributed by atoms with E-state index in [1.807, 2.05) is 0 Å². The van der Waals surface area contributed by atoms with E-state index in [4.69, 9.17) is 23.7 Å². The first-order valence-corrected chi connectivity index (χ1v) is 16.6. The summed E-state index contributed by atoms with van der Waals surface area (Å²) in [5.41, 5.74) is -0.478. The van der Waals surface area contributed by atoms with Crippen molar-refractivity contribution in [1.29, 1.82) is 0 Å². The largest absolute Gasteiger partial charge is 0.379 e. The first-order valence-electron chi connectivity index (χ1n) is 16.6. The van der Waals surface area contributed by atoms with E-state index in [1.54, 1.807) is 0 Å². The van der Waals surface area contributed by atoms with Crippen molar-refractivity contribution in [3.05, 3.63) is 38.4 Å². The van der Waals surface area contributed by atoms with Gasteiger partial charge in [-0.05, 0) is 12.5 Å². The highest BCUT2D eigenvalue weighted by atomic mass is 16.6. The molecule has 0 amide bonds. The summed E-state index contributed by atoms with van der Waals surface area (Å²) < 4.78 is 27.5. The van der Waals surface area contributed by atoms with E-state index >= 15 is 0 Å². The third-order valence-corrected chi connectivity index (χ3v) is 7.08. The van der Waals surface area contributed by atoms with Gasteiger partial charge in [0.1, 0.15) is 5.69 Å². The SMILES string of the molecule is CCCCCCCCCCCCCCCCOCCOCCOCCOCCOCCNc1ccc([N+](=O)[O-])cc1[N+](=O)[O-]. The molecular weight excluding hydrogens is 570 g/mol. The molecule has 0 bridgehead atoms. The molecule has 0 aromatic heterocycles. The molecule has 0 fully saturated rings. The molecule has 0 unspecified atom stereocenters. The third kappa shape index (κ3) is 23.1. The maximum atomic E-state index is 11.1. The number of benzene rings is 1. The van der Waals surface area contributed by atoms with Crippen molar-refractivity contribution in [3.8, 4) is 0 Å². The van der Waals surface area contributed by atoms with Gasteiger partial charge in [0.05, 0.1) is 75.4 Å². The van der Waals surface area contributed by atoms with Crippen LogP contribution < -0.4 is 5.32 Å². The van der Waals surface area contributed by atoms with Crippen LogP contribution in [0.1, 0.15) is 96.8 Å². The van der Waals surface area contributed by atoms with Crippen molar-refractivity contribution in [2.45, 2.75) is 96.8 Å². The molecule has 1 aromatic carbocycles. The summed E-state index contributed by atoms with van der Waals surface area (Å²) in [7, 11) is 0. The second-order valence-electron chi connectivity index (χ2n) is 10.8. The molecule has 0 spiro atoms. The number of nitrogens with zero attached hydrogens (tertiary/aromatic N) is 2. The van der Waals surface area contributed by atoms with Crippen molar-refractivity contribution in [2.24, 2.45) is 0 Å². The molecule has 1 N–H and O–H groups in total. The van der Waals surface area contributed by atoms with Crippen molar-refractivity contribution in [1.82, 2.24) is 0 Å². The molecular formula is C32H57N3O9. The minimum atomic E-state index is -0.669. The van der Waals surface area contributed by atoms with Gasteiger partial charge < -0.3 is 29.0 Å². The van der Waals surface area contributed by atoms with E-state index in [0.717, 1.165) is 19.1 Å². The van der Waals surface area contributed by atoms with Crippen LogP contribution >= 0.6 is 0 Å². The summed E-state index contributed by atoms with van der Waals surface area (Å²) in [5, 5.41) is 24.8. The van der Waals surface area contributed by atoms with Crippen LogP contribution in [0.4, 0.5) is 17.1 Å². The number of nitro benzene ring substituents is 2. The Morgan fingerprint density at radius 2 is 0.955 bits per heavy atom. The van der Waals surface area contributed by atoms with Crippen LogP contribution in [0, 0.1) is 20.2 Å². The van der Waals surface area contributed by atoms with Gasteiger partial charge >= 0.3 is 0 Å². The highest BCUT2D eigenvalue weighted by Gasteiger charge is 2.19. The molecule has 0 saturated carbocycles. The predicted octanol–water partition coefficient (Wildman–Crippen LogP) is 7.48. The number of unbranched alkanes of at least 4 members (excludes halogenated alkanes) is 13. The Kier molecular flexibility index (Phi) is 26.4. The maximum Gasteiger partial charge on any atom is 0.299 e. The number of nitro groups is 2.